The second-order valence-corrected chi connectivity index (χ2v) is 8.42. The molecule has 0 spiro atoms. The summed E-state index contributed by atoms with van der Waals surface area (Å²) in [5, 5.41) is 20.2. The summed E-state index contributed by atoms with van der Waals surface area (Å²) in [5.41, 5.74) is 0.770. The Bertz CT molecular complexity index is 1370. The number of hydrogen-bond donors (Lipinski definition) is 2. The fraction of sp³-hybridized carbons (Fsp3) is 0.280. The van der Waals surface area contributed by atoms with Crippen molar-refractivity contribution in [2.45, 2.75) is 24.9 Å². The van der Waals surface area contributed by atoms with E-state index in [0.717, 1.165) is 5.69 Å². The van der Waals surface area contributed by atoms with Crippen LogP contribution >= 0.6 is 0 Å². The van der Waals surface area contributed by atoms with E-state index < -0.39 is 23.6 Å². The third kappa shape index (κ3) is 6.60. The molecule has 0 saturated heterocycles. The van der Waals surface area contributed by atoms with Crippen LogP contribution in [0.4, 0.5) is 16.3 Å². The molecule has 1 amide bonds. The first-order valence-electron chi connectivity index (χ1n) is 11.6. The molecule has 2 N–H and O–H groups in total. The molecule has 204 valence electrons. The quantitative estimate of drug-likeness (QED) is 0.119. The molecule has 1 fully saturated rings. The van der Waals surface area contributed by atoms with Crippen molar-refractivity contribution in [2.24, 2.45) is 0 Å². The van der Waals surface area contributed by atoms with E-state index in [9.17, 15) is 24.5 Å². The first-order chi connectivity index (χ1) is 18.8. The van der Waals surface area contributed by atoms with E-state index in [1.807, 2.05) is 0 Å². The molecule has 1 heterocycles. The zero-order valence-corrected chi connectivity index (χ0v) is 20.9. The molecule has 2 aromatic carbocycles. The molecule has 0 radical (unpaired) electrons. The number of rotatable bonds is 11. The van der Waals surface area contributed by atoms with E-state index in [0.29, 0.717) is 24.9 Å². The van der Waals surface area contributed by atoms with E-state index >= 15 is 0 Å². The van der Waals surface area contributed by atoms with Crippen LogP contribution in [0.1, 0.15) is 34.8 Å². The number of carbonyl (C=O) groups excluding carboxylic acids is 3. The second-order valence-electron chi connectivity index (χ2n) is 8.42. The first kappa shape index (κ1) is 26.9. The highest BCUT2D eigenvalue weighted by Crippen LogP contribution is 2.39. The maximum Gasteiger partial charge on any atom is 0.514 e. The van der Waals surface area contributed by atoms with Crippen molar-refractivity contribution in [3.05, 3.63) is 63.8 Å². The number of hydrogen-bond acceptors (Lipinski definition) is 11. The van der Waals surface area contributed by atoms with E-state index in [2.05, 4.69) is 15.5 Å². The number of aromatic amines is 1. The van der Waals surface area contributed by atoms with Crippen LogP contribution in [0.2, 0.25) is 0 Å². The average Bonchev–Trinajstić information content (AvgIpc) is 3.36. The van der Waals surface area contributed by atoms with Crippen LogP contribution in [0.5, 0.6) is 23.0 Å². The van der Waals surface area contributed by atoms with Crippen LogP contribution in [0.15, 0.2) is 42.5 Å². The standard InChI is InChI=1S/C25H24N4O10/c1-35-17-9-21(36-2)19(12-30)22(10-17)37-13-24(31)26-23-11-20(27-28-23)14-7-18(8-14)39-25(32)38-16-5-3-15(4-6-16)29(33)34/h3-6,9-12,14,18H,7-8,13H2,1-2H3,(H2,26,27,28,31). The fourth-order valence-corrected chi connectivity index (χ4v) is 3.84. The number of amides is 1. The molecule has 0 bridgehead atoms. The van der Waals surface area contributed by atoms with E-state index in [-0.39, 0.29) is 46.3 Å². The number of nitrogens with zero attached hydrogens (tertiary/aromatic N) is 2. The predicted molar refractivity (Wildman–Crippen MR) is 134 cm³/mol. The topological polar surface area (TPSA) is 181 Å². The first-order valence-corrected chi connectivity index (χ1v) is 11.6. The minimum Gasteiger partial charge on any atom is -0.496 e. The Morgan fingerprint density at radius 2 is 1.82 bits per heavy atom. The number of anilines is 1. The number of benzene rings is 2. The van der Waals surface area contributed by atoms with E-state index in [1.165, 1.54) is 50.6 Å². The van der Waals surface area contributed by atoms with Crippen molar-refractivity contribution < 1.29 is 43.0 Å². The lowest BCUT2D eigenvalue weighted by Gasteiger charge is -2.33. The smallest absolute Gasteiger partial charge is 0.496 e. The Morgan fingerprint density at radius 3 is 2.46 bits per heavy atom. The van der Waals surface area contributed by atoms with Crippen LogP contribution in [0, 0.1) is 10.1 Å². The minimum absolute atomic E-state index is 0.0241. The highest BCUT2D eigenvalue weighted by atomic mass is 16.7. The summed E-state index contributed by atoms with van der Waals surface area (Å²) in [6.07, 6.45) is 0.315. The summed E-state index contributed by atoms with van der Waals surface area (Å²) < 4.78 is 26.1. The number of ether oxygens (including phenoxy) is 5. The van der Waals surface area contributed by atoms with Crippen LogP contribution in [0.3, 0.4) is 0 Å². The third-order valence-corrected chi connectivity index (χ3v) is 5.92. The van der Waals surface area contributed by atoms with Gasteiger partial charge in [-0.3, -0.25) is 24.8 Å². The second kappa shape index (κ2) is 11.9. The van der Waals surface area contributed by atoms with Gasteiger partial charge >= 0.3 is 6.16 Å². The highest BCUT2D eigenvalue weighted by Gasteiger charge is 2.35. The minimum atomic E-state index is -0.906. The maximum absolute atomic E-state index is 12.4. The molecule has 1 aliphatic rings. The average molecular weight is 540 g/mol. The lowest BCUT2D eigenvalue weighted by Crippen LogP contribution is -2.33. The predicted octanol–water partition coefficient (Wildman–Crippen LogP) is 3.63. The summed E-state index contributed by atoms with van der Waals surface area (Å²) in [4.78, 5) is 46.0. The van der Waals surface area contributed by atoms with Gasteiger partial charge in [0, 0.05) is 41.9 Å². The number of H-pyrrole nitrogens is 1. The van der Waals surface area contributed by atoms with Crippen molar-refractivity contribution in [3.8, 4) is 23.0 Å². The van der Waals surface area contributed by atoms with Gasteiger partial charge in [0.2, 0.25) is 0 Å². The van der Waals surface area contributed by atoms with E-state index in [4.69, 9.17) is 23.7 Å². The fourth-order valence-electron chi connectivity index (χ4n) is 3.84. The molecular weight excluding hydrogens is 516 g/mol. The molecule has 4 rings (SSSR count). The van der Waals surface area contributed by atoms with Crippen molar-refractivity contribution in [1.82, 2.24) is 10.2 Å². The molecular formula is C25H24N4O10. The van der Waals surface area contributed by atoms with Gasteiger partial charge in [-0.25, -0.2) is 4.79 Å². The van der Waals surface area contributed by atoms with Gasteiger partial charge in [-0.05, 0) is 25.0 Å². The highest BCUT2D eigenvalue weighted by molar-refractivity contribution is 5.91. The summed E-state index contributed by atoms with van der Waals surface area (Å²) in [7, 11) is 2.85. The molecule has 0 aliphatic heterocycles. The lowest BCUT2D eigenvalue weighted by molar-refractivity contribution is -0.384. The Kier molecular flexibility index (Phi) is 8.24. The van der Waals surface area contributed by atoms with Gasteiger partial charge in [0.15, 0.2) is 18.7 Å². The van der Waals surface area contributed by atoms with Gasteiger partial charge in [-0.1, -0.05) is 0 Å². The molecule has 14 heteroatoms. The molecule has 0 unspecified atom stereocenters. The Hall–Kier alpha value is -5.14. The van der Waals surface area contributed by atoms with Gasteiger partial charge in [-0.15, -0.1) is 0 Å². The molecule has 1 aliphatic carbocycles. The molecule has 1 saturated carbocycles. The largest absolute Gasteiger partial charge is 0.514 e. The van der Waals surface area contributed by atoms with Crippen LogP contribution in [-0.2, 0) is 9.53 Å². The summed E-state index contributed by atoms with van der Waals surface area (Å²) in [6.45, 7) is -0.393. The van der Waals surface area contributed by atoms with Crippen LogP contribution in [-0.4, -0.2) is 60.4 Å². The normalized spacial score (nSPS) is 15.8. The number of carbonyl (C=O) groups is 3. The molecule has 1 aromatic heterocycles. The summed E-state index contributed by atoms with van der Waals surface area (Å²) in [6, 6.07) is 9.73. The molecule has 0 atom stereocenters. The van der Waals surface area contributed by atoms with Gasteiger partial charge in [0.25, 0.3) is 11.6 Å². The third-order valence-electron chi connectivity index (χ3n) is 5.92. The van der Waals surface area contributed by atoms with E-state index in [1.54, 1.807) is 6.07 Å². The van der Waals surface area contributed by atoms with Gasteiger partial charge in [0.05, 0.1) is 24.7 Å². The number of aldehydes is 1. The monoisotopic (exact) mass is 540 g/mol. The number of nitro benzene ring substituents is 1. The summed E-state index contributed by atoms with van der Waals surface area (Å²) in [5.74, 6) is 0.705. The Labute approximate surface area is 221 Å². The number of methoxy groups -OCH3 is 2. The van der Waals surface area contributed by atoms with Crippen LogP contribution < -0.4 is 24.3 Å². The van der Waals surface area contributed by atoms with Crippen molar-refractivity contribution in [1.29, 1.82) is 0 Å². The zero-order valence-electron chi connectivity index (χ0n) is 20.9. The Balaban J connectivity index is 1.23. The summed E-state index contributed by atoms with van der Waals surface area (Å²) >= 11 is 0. The number of non-ortho nitro benzene ring substituents is 1. The van der Waals surface area contributed by atoms with Gasteiger partial charge < -0.3 is 29.0 Å². The van der Waals surface area contributed by atoms with Crippen molar-refractivity contribution >= 4 is 29.9 Å². The van der Waals surface area contributed by atoms with Crippen molar-refractivity contribution in [3.63, 3.8) is 0 Å². The van der Waals surface area contributed by atoms with Crippen LogP contribution in [0.25, 0.3) is 0 Å². The Morgan fingerprint density at radius 1 is 1.10 bits per heavy atom. The van der Waals surface area contributed by atoms with Gasteiger partial charge in [0.1, 0.15) is 29.1 Å². The number of nitrogens with one attached hydrogen (secondary N) is 2. The number of aromatic nitrogens is 2. The zero-order chi connectivity index (χ0) is 27.9. The molecule has 14 nitrogen and oxygen atoms in total. The SMILES string of the molecule is COc1cc(OC)c(C=O)c(OCC(=O)Nc2cc(C3CC(OC(=O)Oc4ccc([N+](=O)[O-])cc4)C3)[nH]n2)c1. The van der Waals surface area contributed by atoms with Crippen molar-refractivity contribution in [2.75, 3.05) is 26.1 Å². The number of nitro groups is 1. The molecule has 3 aromatic rings. The lowest BCUT2D eigenvalue weighted by atomic mass is 9.80. The maximum atomic E-state index is 12.4. The van der Waals surface area contributed by atoms with Gasteiger partial charge in [-0.2, -0.15) is 5.10 Å². The molecule has 39 heavy (non-hydrogen) atoms.